The van der Waals surface area contributed by atoms with E-state index in [0.717, 1.165) is 50.6 Å². The van der Waals surface area contributed by atoms with Gasteiger partial charge in [-0.25, -0.2) is 4.79 Å². The molecule has 0 spiro atoms. The summed E-state index contributed by atoms with van der Waals surface area (Å²) in [5.41, 5.74) is 7.88. The number of para-hydroxylation sites is 2. The van der Waals surface area contributed by atoms with Gasteiger partial charge in [0, 0.05) is 39.3 Å². The van der Waals surface area contributed by atoms with E-state index < -0.39 is 0 Å². The van der Waals surface area contributed by atoms with Crippen LogP contribution in [0.2, 0.25) is 0 Å². The molecule has 1 fully saturated rings. The Kier molecular flexibility index (Phi) is 4.71. The number of nitrogens with zero attached hydrogens (tertiary/aromatic N) is 3. The van der Waals surface area contributed by atoms with Crippen molar-refractivity contribution in [2.24, 2.45) is 0 Å². The zero-order valence-electron chi connectivity index (χ0n) is 12.4. The maximum absolute atomic E-state index is 12.3. The summed E-state index contributed by atoms with van der Waals surface area (Å²) in [7, 11) is 0. The number of rotatable bonds is 3. The van der Waals surface area contributed by atoms with Crippen LogP contribution in [0.15, 0.2) is 24.3 Å². The zero-order valence-corrected chi connectivity index (χ0v) is 12.4. The first-order chi connectivity index (χ1) is 9.67. The van der Waals surface area contributed by atoms with E-state index in [1.54, 1.807) is 0 Å². The summed E-state index contributed by atoms with van der Waals surface area (Å²) < 4.78 is 0. The Labute approximate surface area is 120 Å². The molecule has 2 rings (SSSR count). The number of hydrogen-bond donors (Lipinski definition) is 1. The molecule has 20 heavy (non-hydrogen) atoms. The van der Waals surface area contributed by atoms with Crippen LogP contribution in [0.3, 0.4) is 0 Å². The summed E-state index contributed by atoms with van der Waals surface area (Å²) in [6, 6.07) is 8.05. The summed E-state index contributed by atoms with van der Waals surface area (Å²) in [4.78, 5) is 18.3. The average Bonchev–Trinajstić information content (AvgIpc) is 2.49. The third kappa shape index (κ3) is 2.98. The quantitative estimate of drug-likeness (QED) is 0.857. The maximum atomic E-state index is 12.3. The molecule has 5 heteroatoms. The van der Waals surface area contributed by atoms with E-state index in [-0.39, 0.29) is 6.03 Å². The van der Waals surface area contributed by atoms with Crippen molar-refractivity contribution in [3.63, 3.8) is 0 Å². The van der Waals surface area contributed by atoms with Crippen LogP contribution in [-0.4, -0.2) is 55.1 Å². The number of amides is 2. The fourth-order valence-corrected chi connectivity index (χ4v) is 2.61. The first-order valence-corrected chi connectivity index (χ1v) is 7.30. The third-order valence-electron chi connectivity index (χ3n) is 3.86. The third-order valence-corrected chi connectivity index (χ3v) is 3.86. The smallest absolute Gasteiger partial charge is 0.320 e. The molecule has 0 aliphatic carbocycles. The highest BCUT2D eigenvalue weighted by Gasteiger charge is 2.24. The molecule has 0 bridgehead atoms. The number of urea groups is 1. The first-order valence-electron chi connectivity index (χ1n) is 7.30. The summed E-state index contributed by atoms with van der Waals surface area (Å²) in [5.74, 6) is 0. The van der Waals surface area contributed by atoms with Gasteiger partial charge < -0.3 is 20.4 Å². The molecule has 1 aliphatic heterocycles. The Morgan fingerprint density at radius 1 is 1.15 bits per heavy atom. The van der Waals surface area contributed by atoms with Gasteiger partial charge in [0.15, 0.2) is 0 Å². The van der Waals surface area contributed by atoms with E-state index >= 15 is 0 Å². The molecule has 1 aromatic carbocycles. The largest absolute Gasteiger partial charge is 0.397 e. The van der Waals surface area contributed by atoms with Gasteiger partial charge >= 0.3 is 6.03 Å². The lowest BCUT2D eigenvalue weighted by molar-refractivity contribution is 0.154. The maximum Gasteiger partial charge on any atom is 0.320 e. The molecule has 1 saturated heterocycles. The molecule has 0 saturated carbocycles. The average molecular weight is 276 g/mol. The lowest BCUT2D eigenvalue weighted by Gasteiger charge is -2.38. The van der Waals surface area contributed by atoms with E-state index in [4.69, 9.17) is 5.73 Å². The molecule has 2 amide bonds. The topological polar surface area (TPSA) is 52.8 Å². The Hall–Kier alpha value is -1.91. The molecule has 0 radical (unpaired) electrons. The Morgan fingerprint density at radius 3 is 2.30 bits per heavy atom. The summed E-state index contributed by atoms with van der Waals surface area (Å²) in [6.45, 7) is 8.74. The molecular formula is C15H24N4O. The molecular weight excluding hydrogens is 252 g/mol. The van der Waals surface area contributed by atoms with Crippen LogP contribution in [0.4, 0.5) is 16.2 Å². The fourth-order valence-electron chi connectivity index (χ4n) is 2.61. The van der Waals surface area contributed by atoms with E-state index in [9.17, 15) is 4.79 Å². The van der Waals surface area contributed by atoms with Crippen molar-refractivity contribution >= 4 is 17.4 Å². The summed E-state index contributed by atoms with van der Waals surface area (Å²) in [5, 5.41) is 0. The normalized spacial score (nSPS) is 15.3. The van der Waals surface area contributed by atoms with Crippen molar-refractivity contribution < 1.29 is 4.79 Å². The molecule has 1 heterocycles. The highest BCUT2D eigenvalue weighted by molar-refractivity contribution is 5.75. The predicted octanol–water partition coefficient (Wildman–Crippen LogP) is 1.85. The molecule has 0 unspecified atom stereocenters. The Bertz CT molecular complexity index is 451. The molecule has 5 nitrogen and oxygen atoms in total. The van der Waals surface area contributed by atoms with Gasteiger partial charge in [0.25, 0.3) is 0 Å². The van der Waals surface area contributed by atoms with Crippen molar-refractivity contribution in [2.75, 3.05) is 49.9 Å². The highest BCUT2D eigenvalue weighted by atomic mass is 16.2. The van der Waals surface area contributed by atoms with Gasteiger partial charge in [0.05, 0.1) is 11.4 Å². The van der Waals surface area contributed by atoms with Crippen LogP contribution >= 0.6 is 0 Å². The second-order valence-electron chi connectivity index (χ2n) is 4.99. The van der Waals surface area contributed by atoms with Crippen molar-refractivity contribution in [1.29, 1.82) is 0 Å². The molecule has 1 aromatic rings. The fraction of sp³-hybridized carbons (Fsp3) is 0.533. The lowest BCUT2D eigenvalue weighted by atomic mass is 10.2. The lowest BCUT2D eigenvalue weighted by Crippen LogP contribution is -2.53. The molecule has 2 N–H and O–H groups in total. The number of carbonyl (C=O) groups excluding carboxylic acids is 1. The van der Waals surface area contributed by atoms with Gasteiger partial charge in [0.1, 0.15) is 0 Å². The van der Waals surface area contributed by atoms with Crippen LogP contribution in [-0.2, 0) is 0 Å². The minimum Gasteiger partial charge on any atom is -0.397 e. The monoisotopic (exact) mass is 276 g/mol. The standard InChI is InChI=1S/C15H24N4O/c1-3-17(4-2)15(20)19-11-9-18(10-12-19)14-8-6-5-7-13(14)16/h5-8H,3-4,9-12,16H2,1-2H3. The Morgan fingerprint density at radius 2 is 1.75 bits per heavy atom. The van der Waals surface area contributed by atoms with Crippen molar-refractivity contribution in [3.8, 4) is 0 Å². The Balaban J connectivity index is 1.96. The van der Waals surface area contributed by atoms with Crippen molar-refractivity contribution in [1.82, 2.24) is 9.80 Å². The van der Waals surface area contributed by atoms with E-state index in [0.29, 0.717) is 0 Å². The number of anilines is 2. The number of nitrogens with two attached hydrogens (primary N) is 1. The van der Waals surface area contributed by atoms with Gasteiger partial charge in [-0.05, 0) is 26.0 Å². The molecule has 0 atom stereocenters. The van der Waals surface area contributed by atoms with Gasteiger partial charge in [-0.15, -0.1) is 0 Å². The van der Waals surface area contributed by atoms with Gasteiger partial charge in [0.2, 0.25) is 0 Å². The number of benzene rings is 1. The van der Waals surface area contributed by atoms with Crippen molar-refractivity contribution in [2.45, 2.75) is 13.8 Å². The summed E-state index contributed by atoms with van der Waals surface area (Å²) in [6.07, 6.45) is 0. The number of piperazine rings is 1. The highest BCUT2D eigenvalue weighted by Crippen LogP contribution is 2.23. The van der Waals surface area contributed by atoms with Crippen LogP contribution < -0.4 is 10.6 Å². The number of hydrogen-bond acceptors (Lipinski definition) is 3. The van der Waals surface area contributed by atoms with Crippen LogP contribution in [0.1, 0.15) is 13.8 Å². The SMILES string of the molecule is CCN(CC)C(=O)N1CCN(c2ccccc2N)CC1. The van der Waals surface area contributed by atoms with Gasteiger partial charge in [-0.1, -0.05) is 12.1 Å². The number of carbonyl (C=O) groups is 1. The minimum atomic E-state index is 0.149. The van der Waals surface area contributed by atoms with Crippen LogP contribution in [0.5, 0.6) is 0 Å². The van der Waals surface area contributed by atoms with E-state index in [2.05, 4.69) is 4.90 Å². The second-order valence-corrected chi connectivity index (χ2v) is 4.99. The number of nitrogen functional groups attached to an aromatic ring is 1. The predicted molar refractivity (Wildman–Crippen MR) is 83.0 cm³/mol. The van der Waals surface area contributed by atoms with Gasteiger partial charge in [-0.3, -0.25) is 0 Å². The molecule has 1 aliphatic rings. The van der Waals surface area contributed by atoms with E-state index in [1.165, 1.54) is 0 Å². The van der Waals surface area contributed by atoms with E-state index in [1.807, 2.05) is 47.9 Å². The minimum absolute atomic E-state index is 0.149. The van der Waals surface area contributed by atoms with Crippen LogP contribution in [0, 0.1) is 0 Å². The zero-order chi connectivity index (χ0) is 14.5. The van der Waals surface area contributed by atoms with Crippen molar-refractivity contribution in [3.05, 3.63) is 24.3 Å². The second kappa shape index (κ2) is 6.50. The molecule has 0 aromatic heterocycles. The summed E-state index contributed by atoms with van der Waals surface area (Å²) >= 11 is 0. The van der Waals surface area contributed by atoms with Crippen LogP contribution in [0.25, 0.3) is 0 Å². The molecule has 110 valence electrons. The van der Waals surface area contributed by atoms with Gasteiger partial charge in [-0.2, -0.15) is 0 Å². The first kappa shape index (κ1) is 14.5.